The molecule has 36 heavy (non-hydrogen) atoms. The monoisotopic (exact) mass is 525 g/mol. The van der Waals surface area contributed by atoms with Crippen molar-refractivity contribution in [2.75, 3.05) is 26.4 Å². The maximum absolute atomic E-state index is 12.3. The average Bonchev–Trinajstić information content (AvgIpc) is 3.53. The minimum absolute atomic E-state index is 0.0861. The zero-order chi connectivity index (χ0) is 25.4. The molecule has 2 heterocycles. The molecule has 0 unspecified atom stereocenters. The third-order valence-electron chi connectivity index (χ3n) is 5.03. The summed E-state index contributed by atoms with van der Waals surface area (Å²) in [4.78, 5) is 0. The molecule has 10 nitrogen and oxygen atoms in total. The number of halogens is 4. The summed E-state index contributed by atoms with van der Waals surface area (Å²) in [5.41, 5.74) is 2.94. The van der Waals surface area contributed by atoms with E-state index >= 15 is 0 Å². The van der Waals surface area contributed by atoms with Gasteiger partial charge in [0.15, 0.2) is 11.3 Å². The van der Waals surface area contributed by atoms with Crippen molar-refractivity contribution in [3.05, 3.63) is 53.6 Å². The predicted octanol–water partition coefficient (Wildman–Crippen LogP) is 4.06. The van der Waals surface area contributed by atoms with Gasteiger partial charge in [-0.15, -0.1) is 28.5 Å². The van der Waals surface area contributed by atoms with E-state index in [1.165, 1.54) is 18.2 Å². The van der Waals surface area contributed by atoms with Crippen LogP contribution in [0.5, 0.6) is 11.5 Å². The predicted molar refractivity (Wildman–Crippen MR) is 124 cm³/mol. The molecule has 0 atom stereocenters. The van der Waals surface area contributed by atoms with Crippen LogP contribution in [0.15, 0.2) is 43.0 Å². The van der Waals surface area contributed by atoms with Crippen molar-refractivity contribution < 1.29 is 27.4 Å². The largest absolute Gasteiger partial charge is 0.573 e. The molecule has 0 fully saturated rings. The first-order chi connectivity index (χ1) is 17.4. The molecule has 4 aromatic rings. The van der Waals surface area contributed by atoms with Gasteiger partial charge in [-0.1, -0.05) is 22.9 Å². The van der Waals surface area contributed by atoms with E-state index in [9.17, 15) is 13.2 Å². The molecular weight excluding hydrogens is 503 g/mol. The Kier molecular flexibility index (Phi) is 8.57. The van der Waals surface area contributed by atoms with E-state index in [0.29, 0.717) is 37.6 Å². The van der Waals surface area contributed by atoms with Gasteiger partial charge >= 0.3 is 6.36 Å². The topological polar surface area (TPSA) is 112 Å². The number of hydrogen-bond donors (Lipinski definition) is 2. The van der Waals surface area contributed by atoms with Crippen LogP contribution in [0.2, 0.25) is 5.02 Å². The fourth-order valence-corrected chi connectivity index (χ4v) is 3.61. The fraction of sp³-hybridized carbons (Fsp3) is 0.364. The highest BCUT2D eigenvalue weighted by atomic mass is 35.5. The quantitative estimate of drug-likeness (QED) is 0.251. The van der Waals surface area contributed by atoms with E-state index in [4.69, 9.17) is 21.1 Å². The molecule has 14 heteroatoms. The molecule has 0 aliphatic rings. The average molecular weight is 526 g/mol. The molecule has 0 saturated carbocycles. The normalized spacial score (nSPS) is 11.8. The minimum Gasteiger partial charge on any atom is -0.489 e. The lowest BCUT2D eigenvalue weighted by molar-refractivity contribution is -0.274. The van der Waals surface area contributed by atoms with Crippen LogP contribution < -0.4 is 14.8 Å². The molecule has 4 rings (SSSR count). The highest BCUT2D eigenvalue weighted by molar-refractivity contribution is 6.32. The SMILES string of the molecule is FC(F)(F)Oc1ccc(CNCCCCOCCOc2cc(-n3cnnc3)cc3[nH]nnc23)cc1Cl. The van der Waals surface area contributed by atoms with E-state index in [2.05, 4.69) is 35.7 Å². The molecule has 0 radical (unpaired) electrons. The molecule has 0 aliphatic carbocycles. The molecule has 2 aromatic carbocycles. The summed E-state index contributed by atoms with van der Waals surface area (Å²) >= 11 is 5.86. The molecule has 0 amide bonds. The van der Waals surface area contributed by atoms with Crippen LogP contribution >= 0.6 is 11.6 Å². The van der Waals surface area contributed by atoms with Crippen LogP contribution in [0.4, 0.5) is 13.2 Å². The van der Waals surface area contributed by atoms with Gasteiger partial charge in [0.2, 0.25) is 0 Å². The number of H-pyrrole nitrogens is 1. The number of ether oxygens (including phenoxy) is 3. The van der Waals surface area contributed by atoms with Gasteiger partial charge in [-0.05, 0) is 43.1 Å². The van der Waals surface area contributed by atoms with Gasteiger partial charge < -0.3 is 19.5 Å². The molecule has 2 N–H and O–H groups in total. The Morgan fingerprint density at radius 1 is 1.00 bits per heavy atom. The van der Waals surface area contributed by atoms with Gasteiger partial charge in [-0.3, -0.25) is 9.67 Å². The Hall–Kier alpha value is -3.42. The highest BCUT2D eigenvalue weighted by Crippen LogP contribution is 2.30. The Morgan fingerprint density at radius 2 is 1.83 bits per heavy atom. The number of aromatic nitrogens is 6. The Bertz CT molecular complexity index is 1250. The highest BCUT2D eigenvalue weighted by Gasteiger charge is 2.32. The third kappa shape index (κ3) is 7.29. The number of fused-ring (bicyclic) bond motifs is 1. The van der Waals surface area contributed by atoms with Crippen LogP contribution in [0.3, 0.4) is 0 Å². The number of nitrogens with one attached hydrogen (secondary N) is 2. The molecule has 0 saturated heterocycles. The summed E-state index contributed by atoms with van der Waals surface area (Å²) in [5.74, 6) is 0.165. The number of nitrogens with zero attached hydrogens (tertiary/aromatic N) is 5. The van der Waals surface area contributed by atoms with Gasteiger partial charge in [0.05, 0.1) is 22.8 Å². The van der Waals surface area contributed by atoms with Crippen LogP contribution in [0, 0.1) is 0 Å². The first-order valence-electron chi connectivity index (χ1n) is 11.0. The van der Waals surface area contributed by atoms with Crippen LogP contribution in [0.25, 0.3) is 16.7 Å². The van der Waals surface area contributed by atoms with E-state index in [1.54, 1.807) is 17.2 Å². The van der Waals surface area contributed by atoms with Crippen molar-refractivity contribution in [3.63, 3.8) is 0 Å². The second-order valence-corrected chi connectivity index (χ2v) is 8.09. The first-order valence-corrected chi connectivity index (χ1v) is 11.4. The van der Waals surface area contributed by atoms with Crippen molar-refractivity contribution in [1.29, 1.82) is 0 Å². The second-order valence-electron chi connectivity index (χ2n) is 7.68. The maximum Gasteiger partial charge on any atom is 0.573 e. The summed E-state index contributed by atoms with van der Waals surface area (Å²) in [6.45, 7) is 2.53. The van der Waals surface area contributed by atoms with Gasteiger partial charge in [-0.25, -0.2) is 0 Å². The molecule has 0 spiro atoms. The molecule has 0 bridgehead atoms. The Balaban J connectivity index is 1.10. The van der Waals surface area contributed by atoms with Crippen molar-refractivity contribution in [2.45, 2.75) is 25.7 Å². The maximum atomic E-state index is 12.3. The van der Waals surface area contributed by atoms with Gasteiger partial charge in [0, 0.05) is 19.2 Å². The Labute approximate surface area is 208 Å². The molecule has 192 valence electrons. The van der Waals surface area contributed by atoms with E-state index in [1.807, 2.05) is 12.1 Å². The van der Waals surface area contributed by atoms with Crippen LogP contribution in [0.1, 0.15) is 18.4 Å². The van der Waals surface area contributed by atoms with Crippen molar-refractivity contribution in [2.24, 2.45) is 0 Å². The van der Waals surface area contributed by atoms with Crippen molar-refractivity contribution in [3.8, 4) is 17.2 Å². The van der Waals surface area contributed by atoms with Gasteiger partial charge in [-0.2, -0.15) is 0 Å². The number of aromatic amines is 1. The number of unbranched alkanes of at least 4 members (excludes halogenated alkanes) is 1. The van der Waals surface area contributed by atoms with E-state index in [-0.39, 0.29) is 5.02 Å². The first kappa shape index (κ1) is 25.7. The standard InChI is InChI=1S/C22H23ClF3N7O3/c23-17-9-15(3-4-19(17)36-22(24,25)26)12-27-5-1-2-6-34-7-8-35-20-11-16(33-13-28-29-14-33)10-18-21(20)31-32-30-18/h3-4,9-11,13-14,27H,1-2,5-8,12H2,(H,30,31,32). The van der Waals surface area contributed by atoms with Crippen molar-refractivity contribution >= 4 is 22.6 Å². The lowest BCUT2D eigenvalue weighted by atomic mass is 10.2. The number of benzene rings is 2. The zero-order valence-electron chi connectivity index (χ0n) is 19.0. The van der Waals surface area contributed by atoms with E-state index < -0.39 is 12.1 Å². The molecule has 2 aromatic heterocycles. The van der Waals surface area contributed by atoms with Gasteiger partial charge in [0.25, 0.3) is 0 Å². The summed E-state index contributed by atoms with van der Waals surface area (Å²) < 4.78 is 54.0. The van der Waals surface area contributed by atoms with Crippen molar-refractivity contribution in [1.82, 2.24) is 35.5 Å². The van der Waals surface area contributed by atoms with Crippen LogP contribution in [-0.4, -0.2) is 62.9 Å². The summed E-state index contributed by atoms with van der Waals surface area (Å²) in [6, 6.07) is 7.92. The number of alkyl halides is 3. The zero-order valence-corrected chi connectivity index (χ0v) is 19.7. The smallest absolute Gasteiger partial charge is 0.489 e. The second kappa shape index (κ2) is 12.0. The third-order valence-corrected chi connectivity index (χ3v) is 5.32. The van der Waals surface area contributed by atoms with Crippen LogP contribution in [-0.2, 0) is 11.3 Å². The fourth-order valence-electron chi connectivity index (χ4n) is 3.36. The summed E-state index contributed by atoms with van der Waals surface area (Å²) in [7, 11) is 0. The van der Waals surface area contributed by atoms with Gasteiger partial charge in [0.1, 0.15) is 25.0 Å². The lowest BCUT2D eigenvalue weighted by Crippen LogP contribution is -2.18. The lowest BCUT2D eigenvalue weighted by Gasteiger charge is -2.12. The Morgan fingerprint density at radius 3 is 2.61 bits per heavy atom. The molecular formula is C22H23ClF3N7O3. The molecule has 0 aliphatic heterocycles. The number of hydrogen-bond acceptors (Lipinski definition) is 8. The minimum atomic E-state index is -4.77. The summed E-state index contributed by atoms with van der Waals surface area (Å²) in [6.07, 6.45) is 0.105. The van der Waals surface area contributed by atoms with E-state index in [0.717, 1.165) is 36.2 Å². The number of rotatable bonds is 13. The summed E-state index contributed by atoms with van der Waals surface area (Å²) in [5, 5.41) is 21.5.